The number of aromatic nitrogens is 4. The highest BCUT2D eigenvalue weighted by Crippen LogP contribution is 2.12. The maximum absolute atomic E-state index is 5.38. The van der Waals surface area contributed by atoms with E-state index in [1.165, 1.54) is 6.33 Å². The number of nitrogens with zero attached hydrogens (tertiary/aromatic N) is 4. The molecule has 0 atom stereocenters. The number of aryl methyl sites for hydroxylation is 1. The first-order valence-corrected chi connectivity index (χ1v) is 4.68. The highest BCUT2D eigenvalue weighted by molar-refractivity contribution is 5.50. The monoisotopic (exact) mass is 205 g/mol. The van der Waals surface area contributed by atoms with Gasteiger partial charge in [-0.1, -0.05) is 5.16 Å². The first-order valence-electron chi connectivity index (χ1n) is 4.68. The van der Waals surface area contributed by atoms with Crippen molar-refractivity contribution >= 4 is 0 Å². The molecule has 0 spiro atoms. The fraction of sp³-hybridized carbons (Fsp3) is 0.333. The van der Waals surface area contributed by atoms with Crippen molar-refractivity contribution in [3.8, 4) is 11.4 Å². The van der Waals surface area contributed by atoms with Gasteiger partial charge in [0.05, 0.1) is 5.56 Å². The lowest BCUT2D eigenvalue weighted by atomic mass is 10.3. The molecule has 0 aliphatic rings. The van der Waals surface area contributed by atoms with Crippen LogP contribution in [0.3, 0.4) is 0 Å². The molecule has 0 saturated carbocycles. The molecule has 0 aliphatic heterocycles. The smallest absolute Gasteiger partial charge is 0.227 e. The van der Waals surface area contributed by atoms with E-state index in [-0.39, 0.29) is 0 Å². The van der Waals surface area contributed by atoms with Gasteiger partial charge in [0.15, 0.2) is 0 Å². The Morgan fingerprint density at radius 2 is 2.07 bits per heavy atom. The van der Waals surface area contributed by atoms with Crippen molar-refractivity contribution in [1.82, 2.24) is 20.1 Å². The van der Waals surface area contributed by atoms with Crippen molar-refractivity contribution in [3.63, 3.8) is 0 Å². The van der Waals surface area contributed by atoms with E-state index in [1.54, 1.807) is 12.4 Å². The summed E-state index contributed by atoms with van der Waals surface area (Å²) in [7, 11) is 0. The van der Waals surface area contributed by atoms with Crippen molar-refractivity contribution in [1.29, 1.82) is 0 Å². The van der Waals surface area contributed by atoms with Gasteiger partial charge in [-0.2, -0.15) is 4.98 Å². The van der Waals surface area contributed by atoms with Crippen LogP contribution in [-0.4, -0.2) is 26.7 Å². The third kappa shape index (κ3) is 2.35. The van der Waals surface area contributed by atoms with Gasteiger partial charge in [0.1, 0.15) is 6.33 Å². The number of rotatable bonds is 4. The molecule has 0 amide bonds. The first-order chi connectivity index (χ1) is 7.40. The molecule has 0 radical (unpaired) electrons. The van der Waals surface area contributed by atoms with E-state index < -0.39 is 0 Å². The highest BCUT2D eigenvalue weighted by atomic mass is 16.5. The molecular weight excluding hydrogens is 194 g/mol. The minimum absolute atomic E-state index is 0.516. The summed E-state index contributed by atoms with van der Waals surface area (Å²) in [5.41, 5.74) is 6.13. The summed E-state index contributed by atoms with van der Waals surface area (Å²) < 4.78 is 5.05. The van der Waals surface area contributed by atoms with E-state index in [4.69, 9.17) is 10.3 Å². The zero-order chi connectivity index (χ0) is 10.5. The predicted octanol–water partition coefficient (Wildman–Crippen LogP) is 0.418. The van der Waals surface area contributed by atoms with Crippen LogP contribution >= 0.6 is 0 Å². The van der Waals surface area contributed by atoms with Crippen molar-refractivity contribution in [2.24, 2.45) is 5.73 Å². The Balaban J connectivity index is 2.14. The molecule has 0 aliphatic carbocycles. The third-order valence-corrected chi connectivity index (χ3v) is 1.88. The lowest BCUT2D eigenvalue weighted by Crippen LogP contribution is -2.00. The van der Waals surface area contributed by atoms with Gasteiger partial charge in [0.25, 0.3) is 0 Å². The average molecular weight is 205 g/mol. The topological polar surface area (TPSA) is 90.7 Å². The van der Waals surface area contributed by atoms with Crippen LogP contribution in [0.15, 0.2) is 23.2 Å². The normalized spacial score (nSPS) is 10.5. The zero-order valence-electron chi connectivity index (χ0n) is 8.13. The molecule has 2 rings (SSSR count). The van der Waals surface area contributed by atoms with E-state index in [2.05, 4.69) is 20.1 Å². The highest BCUT2D eigenvalue weighted by Gasteiger charge is 2.07. The molecule has 6 heteroatoms. The second-order valence-corrected chi connectivity index (χ2v) is 3.03. The first kappa shape index (κ1) is 9.72. The van der Waals surface area contributed by atoms with Gasteiger partial charge in [-0.3, -0.25) is 0 Å². The van der Waals surface area contributed by atoms with Gasteiger partial charge in [0.2, 0.25) is 11.7 Å². The quantitative estimate of drug-likeness (QED) is 0.777. The van der Waals surface area contributed by atoms with Crippen LogP contribution in [0.2, 0.25) is 0 Å². The van der Waals surface area contributed by atoms with Crippen molar-refractivity contribution in [2.45, 2.75) is 12.8 Å². The second-order valence-electron chi connectivity index (χ2n) is 3.03. The van der Waals surface area contributed by atoms with Crippen LogP contribution in [-0.2, 0) is 6.42 Å². The Hall–Kier alpha value is -1.82. The summed E-state index contributed by atoms with van der Waals surface area (Å²) in [6.07, 6.45) is 6.29. The molecule has 6 nitrogen and oxygen atoms in total. The van der Waals surface area contributed by atoms with Crippen molar-refractivity contribution < 1.29 is 4.52 Å². The molecule has 0 fully saturated rings. The Morgan fingerprint density at radius 3 is 2.80 bits per heavy atom. The summed E-state index contributed by atoms with van der Waals surface area (Å²) in [5.74, 6) is 1.11. The summed E-state index contributed by atoms with van der Waals surface area (Å²) >= 11 is 0. The van der Waals surface area contributed by atoms with Crippen LogP contribution < -0.4 is 5.73 Å². The Kier molecular flexibility index (Phi) is 2.99. The van der Waals surface area contributed by atoms with Crippen LogP contribution in [0.1, 0.15) is 12.3 Å². The molecule has 15 heavy (non-hydrogen) atoms. The van der Waals surface area contributed by atoms with Gasteiger partial charge in [-0.15, -0.1) is 0 Å². The molecular formula is C9H11N5O. The van der Waals surface area contributed by atoms with Crippen molar-refractivity contribution in [3.05, 3.63) is 24.6 Å². The standard InChI is InChI=1S/C9H11N5O/c10-3-1-2-8-13-9(14-15-8)7-4-11-6-12-5-7/h4-6H,1-3,10H2. The molecule has 0 aromatic carbocycles. The Bertz CT molecular complexity index is 413. The van der Waals surface area contributed by atoms with E-state index in [1.807, 2.05) is 0 Å². The van der Waals surface area contributed by atoms with Crippen LogP contribution in [0.4, 0.5) is 0 Å². The SMILES string of the molecule is NCCCc1nc(-c2cncnc2)no1. The summed E-state index contributed by atoms with van der Waals surface area (Å²) in [6, 6.07) is 0. The molecule has 78 valence electrons. The number of nitrogens with two attached hydrogens (primary N) is 1. The van der Waals surface area contributed by atoms with E-state index in [0.717, 1.165) is 12.0 Å². The second kappa shape index (κ2) is 4.61. The van der Waals surface area contributed by atoms with Gasteiger partial charge < -0.3 is 10.3 Å². The fourth-order valence-electron chi connectivity index (χ4n) is 1.14. The maximum atomic E-state index is 5.38. The lowest BCUT2D eigenvalue weighted by Gasteiger charge is -1.90. The van der Waals surface area contributed by atoms with Gasteiger partial charge in [-0.25, -0.2) is 9.97 Å². The van der Waals surface area contributed by atoms with E-state index >= 15 is 0 Å². The number of hydrogen-bond acceptors (Lipinski definition) is 6. The van der Waals surface area contributed by atoms with Crippen LogP contribution in [0, 0.1) is 0 Å². The minimum Gasteiger partial charge on any atom is -0.339 e. The largest absolute Gasteiger partial charge is 0.339 e. The molecule has 2 N–H and O–H groups in total. The van der Waals surface area contributed by atoms with Crippen LogP contribution in [0.25, 0.3) is 11.4 Å². The Morgan fingerprint density at radius 1 is 1.27 bits per heavy atom. The minimum atomic E-state index is 0.516. The maximum Gasteiger partial charge on any atom is 0.227 e. The molecule has 0 unspecified atom stereocenters. The van der Waals surface area contributed by atoms with Crippen molar-refractivity contribution in [2.75, 3.05) is 6.54 Å². The lowest BCUT2D eigenvalue weighted by molar-refractivity contribution is 0.376. The average Bonchev–Trinajstić information content (AvgIpc) is 2.76. The summed E-state index contributed by atoms with van der Waals surface area (Å²) in [5, 5.41) is 3.83. The molecule has 2 heterocycles. The van der Waals surface area contributed by atoms with Gasteiger partial charge in [-0.05, 0) is 13.0 Å². The summed E-state index contributed by atoms with van der Waals surface area (Å²) in [6.45, 7) is 0.617. The summed E-state index contributed by atoms with van der Waals surface area (Å²) in [4.78, 5) is 12.0. The Labute approximate surface area is 86.5 Å². The third-order valence-electron chi connectivity index (χ3n) is 1.88. The zero-order valence-corrected chi connectivity index (χ0v) is 8.13. The molecule has 2 aromatic rings. The molecule has 2 aromatic heterocycles. The van der Waals surface area contributed by atoms with Gasteiger partial charge in [0, 0.05) is 18.8 Å². The fourth-order valence-corrected chi connectivity index (χ4v) is 1.14. The van der Waals surface area contributed by atoms with E-state index in [0.29, 0.717) is 24.7 Å². The number of hydrogen-bond donors (Lipinski definition) is 1. The van der Waals surface area contributed by atoms with Gasteiger partial charge >= 0.3 is 0 Å². The van der Waals surface area contributed by atoms with Crippen LogP contribution in [0.5, 0.6) is 0 Å². The predicted molar refractivity (Wildman–Crippen MR) is 52.7 cm³/mol. The molecule has 0 bridgehead atoms. The molecule has 0 saturated heterocycles. The van der Waals surface area contributed by atoms with E-state index in [9.17, 15) is 0 Å².